The van der Waals surface area contributed by atoms with E-state index in [-0.39, 0.29) is 16.7 Å². The van der Waals surface area contributed by atoms with Gasteiger partial charge in [-0.15, -0.1) is 0 Å². The van der Waals surface area contributed by atoms with E-state index in [2.05, 4.69) is 5.32 Å². The number of nitrogens with zero attached hydrogens (tertiary/aromatic N) is 2. The van der Waals surface area contributed by atoms with Gasteiger partial charge in [0.2, 0.25) is 15.9 Å². The second kappa shape index (κ2) is 7.00. The molecule has 1 amide bonds. The van der Waals surface area contributed by atoms with Crippen LogP contribution in [0, 0.1) is 11.8 Å². The van der Waals surface area contributed by atoms with Gasteiger partial charge in [0, 0.05) is 37.1 Å². The summed E-state index contributed by atoms with van der Waals surface area (Å²) in [6, 6.07) is 6.17. The summed E-state index contributed by atoms with van der Waals surface area (Å²) in [7, 11) is -3.53. The molecule has 0 spiro atoms. The number of carbonyl (C=O) groups is 1. The first-order valence-corrected chi connectivity index (χ1v) is 9.96. The number of halogens is 1. The molecular formula is C16H22ClN3O3S. The van der Waals surface area contributed by atoms with Gasteiger partial charge in [-0.2, -0.15) is 4.31 Å². The van der Waals surface area contributed by atoms with Gasteiger partial charge < -0.3 is 10.2 Å². The van der Waals surface area contributed by atoms with Crippen molar-refractivity contribution in [2.75, 3.05) is 39.3 Å². The highest BCUT2D eigenvalue weighted by Crippen LogP contribution is 2.22. The monoisotopic (exact) mass is 371 g/mol. The van der Waals surface area contributed by atoms with Gasteiger partial charge in [-0.05, 0) is 43.3 Å². The summed E-state index contributed by atoms with van der Waals surface area (Å²) in [6.45, 7) is 5.27. The third-order valence-electron chi connectivity index (χ3n) is 4.91. The van der Waals surface area contributed by atoms with Gasteiger partial charge >= 0.3 is 0 Å². The van der Waals surface area contributed by atoms with Crippen LogP contribution in [-0.4, -0.2) is 62.8 Å². The molecule has 6 nitrogen and oxygen atoms in total. The van der Waals surface area contributed by atoms with Crippen molar-refractivity contribution in [2.24, 2.45) is 11.8 Å². The molecular weight excluding hydrogens is 350 g/mol. The van der Waals surface area contributed by atoms with E-state index >= 15 is 0 Å². The Labute approximate surface area is 147 Å². The lowest BCUT2D eigenvalue weighted by atomic mass is 9.88. The quantitative estimate of drug-likeness (QED) is 0.858. The van der Waals surface area contributed by atoms with Gasteiger partial charge in [-0.3, -0.25) is 4.79 Å². The largest absolute Gasteiger partial charge is 0.340 e. The molecule has 1 aromatic rings. The fourth-order valence-electron chi connectivity index (χ4n) is 3.06. The maximum Gasteiger partial charge on any atom is 0.243 e. The van der Waals surface area contributed by atoms with Crippen LogP contribution < -0.4 is 5.32 Å². The van der Waals surface area contributed by atoms with Crippen LogP contribution in [0.5, 0.6) is 0 Å². The average molecular weight is 372 g/mol. The van der Waals surface area contributed by atoms with Crippen LogP contribution in [0.4, 0.5) is 0 Å². The highest BCUT2D eigenvalue weighted by Gasteiger charge is 2.35. The average Bonchev–Trinajstić information content (AvgIpc) is 2.53. The van der Waals surface area contributed by atoms with Crippen LogP contribution in [-0.2, 0) is 14.8 Å². The Morgan fingerprint density at radius 3 is 2.25 bits per heavy atom. The number of benzene rings is 1. The van der Waals surface area contributed by atoms with E-state index in [4.69, 9.17) is 11.6 Å². The summed E-state index contributed by atoms with van der Waals surface area (Å²) in [5.74, 6) is 0.518. The summed E-state index contributed by atoms with van der Waals surface area (Å²) >= 11 is 5.82. The van der Waals surface area contributed by atoms with Gasteiger partial charge in [-0.25, -0.2) is 8.42 Å². The molecule has 3 rings (SSSR count). The zero-order valence-corrected chi connectivity index (χ0v) is 15.2. The number of rotatable bonds is 4. The Bertz CT molecular complexity index is 696. The van der Waals surface area contributed by atoms with Crippen molar-refractivity contribution in [3.05, 3.63) is 29.3 Å². The van der Waals surface area contributed by atoms with E-state index in [1.807, 2.05) is 6.92 Å². The van der Waals surface area contributed by atoms with Crippen LogP contribution in [0.25, 0.3) is 0 Å². The molecule has 0 radical (unpaired) electrons. The van der Waals surface area contributed by atoms with E-state index in [0.717, 1.165) is 13.1 Å². The minimum atomic E-state index is -3.53. The summed E-state index contributed by atoms with van der Waals surface area (Å²) < 4.78 is 26.7. The summed E-state index contributed by atoms with van der Waals surface area (Å²) in [6.07, 6.45) is 0. The van der Waals surface area contributed by atoms with E-state index in [9.17, 15) is 13.2 Å². The Kier molecular flexibility index (Phi) is 5.15. The molecule has 8 heteroatoms. The number of hydrogen-bond donors (Lipinski definition) is 1. The van der Waals surface area contributed by atoms with Crippen molar-refractivity contribution in [1.29, 1.82) is 0 Å². The number of nitrogens with one attached hydrogen (secondary N) is 1. The highest BCUT2D eigenvalue weighted by molar-refractivity contribution is 7.89. The Morgan fingerprint density at radius 2 is 1.75 bits per heavy atom. The summed E-state index contributed by atoms with van der Waals surface area (Å²) in [5.41, 5.74) is 0. The second-order valence-corrected chi connectivity index (χ2v) is 8.76. The maximum atomic E-state index is 12.6. The molecule has 2 aliphatic rings. The summed E-state index contributed by atoms with van der Waals surface area (Å²) in [5, 5.41) is 3.68. The van der Waals surface area contributed by atoms with Crippen molar-refractivity contribution >= 4 is 27.5 Å². The van der Waals surface area contributed by atoms with E-state index < -0.39 is 10.0 Å². The van der Waals surface area contributed by atoms with Gasteiger partial charge in [0.15, 0.2) is 0 Å². The molecule has 1 aromatic carbocycles. The minimum Gasteiger partial charge on any atom is -0.340 e. The Balaban J connectivity index is 1.62. The fourth-order valence-corrected chi connectivity index (χ4v) is 4.61. The molecule has 2 heterocycles. The lowest BCUT2D eigenvalue weighted by Crippen LogP contribution is -2.55. The number of amides is 1. The highest BCUT2D eigenvalue weighted by atomic mass is 35.5. The molecule has 2 fully saturated rings. The van der Waals surface area contributed by atoms with Crippen molar-refractivity contribution in [1.82, 2.24) is 14.5 Å². The van der Waals surface area contributed by atoms with Crippen molar-refractivity contribution < 1.29 is 13.2 Å². The SMILES string of the molecule is CC(C(=O)N1CCN(S(=O)(=O)c2ccc(Cl)cc2)CC1)C1CNC1. The normalized spacial score (nSPS) is 21.3. The molecule has 0 saturated carbocycles. The summed E-state index contributed by atoms with van der Waals surface area (Å²) in [4.78, 5) is 14.5. The molecule has 0 aromatic heterocycles. The molecule has 1 atom stereocenters. The van der Waals surface area contributed by atoms with E-state index in [0.29, 0.717) is 37.1 Å². The molecule has 0 aliphatic carbocycles. The van der Waals surface area contributed by atoms with Crippen LogP contribution in [0.15, 0.2) is 29.2 Å². The molecule has 1 unspecified atom stereocenters. The number of sulfonamides is 1. The van der Waals surface area contributed by atoms with Crippen molar-refractivity contribution in [2.45, 2.75) is 11.8 Å². The van der Waals surface area contributed by atoms with Gasteiger partial charge in [0.05, 0.1) is 4.90 Å². The predicted octanol–water partition coefficient (Wildman–Crippen LogP) is 1.03. The smallest absolute Gasteiger partial charge is 0.243 e. The third kappa shape index (κ3) is 3.44. The Hall–Kier alpha value is -1.15. The van der Waals surface area contributed by atoms with Crippen LogP contribution in [0.1, 0.15) is 6.92 Å². The molecule has 2 saturated heterocycles. The van der Waals surface area contributed by atoms with Gasteiger partial charge in [-0.1, -0.05) is 18.5 Å². The lowest BCUT2D eigenvalue weighted by molar-refractivity contribution is -0.138. The second-order valence-electron chi connectivity index (χ2n) is 6.39. The molecule has 24 heavy (non-hydrogen) atoms. The minimum absolute atomic E-state index is 0.00864. The first kappa shape index (κ1) is 17.7. The molecule has 132 valence electrons. The Morgan fingerprint density at radius 1 is 1.17 bits per heavy atom. The van der Waals surface area contributed by atoms with Gasteiger partial charge in [0.1, 0.15) is 0 Å². The van der Waals surface area contributed by atoms with E-state index in [1.165, 1.54) is 16.4 Å². The van der Waals surface area contributed by atoms with Crippen LogP contribution in [0.3, 0.4) is 0 Å². The van der Waals surface area contributed by atoms with Crippen molar-refractivity contribution in [3.8, 4) is 0 Å². The topological polar surface area (TPSA) is 69.7 Å². The van der Waals surface area contributed by atoms with E-state index in [1.54, 1.807) is 17.0 Å². The zero-order valence-electron chi connectivity index (χ0n) is 13.6. The lowest BCUT2D eigenvalue weighted by Gasteiger charge is -2.38. The molecule has 1 N–H and O–H groups in total. The maximum absolute atomic E-state index is 12.6. The fraction of sp³-hybridized carbons (Fsp3) is 0.562. The van der Waals surface area contributed by atoms with Crippen LogP contribution in [0.2, 0.25) is 5.02 Å². The zero-order chi connectivity index (χ0) is 17.3. The number of hydrogen-bond acceptors (Lipinski definition) is 4. The third-order valence-corrected chi connectivity index (χ3v) is 7.08. The first-order chi connectivity index (χ1) is 11.4. The van der Waals surface area contributed by atoms with Crippen molar-refractivity contribution in [3.63, 3.8) is 0 Å². The van der Waals surface area contributed by atoms with Crippen LogP contribution >= 0.6 is 11.6 Å². The number of carbonyl (C=O) groups excluding carboxylic acids is 1. The standard InChI is InChI=1S/C16H22ClN3O3S/c1-12(13-10-18-11-13)16(21)19-6-8-20(9-7-19)24(22,23)15-4-2-14(17)3-5-15/h2-5,12-13,18H,6-11H2,1H3. The molecule has 0 bridgehead atoms. The number of piperazine rings is 1. The van der Waals surface area contributed by atoms with Gasteiger partial charge in [0.25, 0.3) is 0 Å². The first-order valence-electron chi connectivity index (χ1n) is 8.15. The predicted molar refractivity (Wildman–Crippen MR) is 92.3 cm³/mol. The molecule has 2 aliphatic heterocycles.